The van der Waals surface area contributed by atoms with Crippen molar-refractivity contribution in [2.45, 2.75) is 17.4 Å². The minimum atomic E-state index is -4.07. The summed E-state index contributed by atoms with van der Waals surface area (Å²) < 4.78 is 52.8. The Hall–Kier alpha value is -2.90. The third-order valence-corrected chi connectivity index (χ3v) is 6.05. The Labute approximate surface area is 170 Å². The number of halogens is 1. The van der Waals surface area contributed by atoms with Crippen LogP contribution in [-0.4, -0.2) is 22.6 Å². The maximum atomic E-state index is 14.1. The Morgan fingerprint density at radius 2 is 1.41 bits per heavy atom. The SMILES string of the molecule is COc1ccc(CC(NS(=O)(=O)c2ccccc2F)c2ccc(OC)cc2)cc1. The lowest BCUT2D eigenvalue weighted by Crippen LogP contribution is -2.30. The summed E-state index contributed by atoms with van der Waals surface area (Å²) in [6.07, 6.45) is 0.379. The average molecular weight is 415 g/mol. The van der Waals surface area contributed by atoms with Gasteiger partial charge in [-0.1, -0.05) is 36.4 Å². The molecular weight excluding hydrogens is 393 g/mol. The van der Waals surface area contributed by atoms with Gasteiger partial charge in [0.25, 0.3) is 0 Å². The molecule has 1 atom stereocenters. The molecule has 5 nitrogen and oxygen atoms in total. The molecular formula is C22H22FNO4S. The van der Waals surface area contributed by atoms with Crippen LogP contribution in [-0.2, 0) is 16.4 Å². The maximum absolute atomic E-state index is 14.1. The van der Waals surface area contributed by atoms with E-state index in [9.17, 15) is 12.8 Å². The summed E-state index contributed by atoms with van der Waals surface area (Å²) in [7, 11) is -0.927. The van der Waals surface area contributed by atoms with Crippen molar-refractivity contribution in [2.24, 2.45) is 0 Å². The highest BCUT2D eigenvalue weighted by Crippen LogP contribution is 2.25. The van der Waals surface area contributed by atoms with Crippen molar-refractivity contribution in [3.05, 3.63) is 89.7 Å². The van der Waals surface area contributed by atoms with E-state index < -0.39 is 21.9 Å². The predicted molar refractivity (Wildman–Crippen MR) is 109 cm³/mol. The molecule has 0 aromatic heterocycles. The highest BCUT2D eigenvalue weighted by Gasteiger charge is 2.24. The minimum Gasteiger partial charge on any atom is -0.497 e. The number of rotatable bonds is 8. The van der Waals surface area contributed by atoms with Crippen LogP contribution in [0.5, 0.6) is 11.5 Å². The zero-order valence-electron chi connectivity index (χ0n) is 16.1. The second-order valence-electron chi connectivity index (χ2n) is 6.43. The Kier molecular flexibility index (Phi) is 6.51. The first-order valence-electron chi connectivity index (χ1n) is 8.96. The lowest BCUT2D eigenvalue weighted by atomic mass is 9.99. The van der Waals surface area contributed by atoms with Crippen molar-refractivity contribution < 1.29 is 22.3 Å². The normalized spacial score (nSPS) is 12.4. The monoisotopic (exact) mass is 415 g/mol. The van der Waals surface area contributed by atoms with Gasteiger partial charge in [0.15, 0.2) is 0 Å². The molecule has 0 heterocycles. The number of benzene rings is 3. The molecule has 0 fully saturated rings. The molecule has 29 heavy (non-hydrogen) atoms. The zero-order valence-corrected chi connectivity index (χ0v) is 16.9. The molecule has 3 rings (SSSR count). The summed E-state index contributed by atoms with van der Waals surface area (Å²) in [6.45, 7) is 0. The van der Waals surface area contributed by atoms with Gasteiger partial charge in [0.1, 0.15) is 22.2 Å². The first-order valence-corrected chi connectivity index (χ1v) is 10.4. The van der Waals surface area contributed by atoms with Crippen molar-refractivity contribution in [1.82, 2.24) is 4.72 Å². The van der Waals surface area contributed by atoms with E-state index in [1.165, 1.54) is 18.2 Å². The predicted octanol–water partition coefficient (Wildman–Crippen LogP) is 4.11. The van der Waals surface area contributed by atoms with Crippen LogP contribution < -0.4 is 14.2 Å². The standard InChI is InChI=1S/C22H22FNO4S/c1-27-18-11-7-16(8-12-18)15-21(17-9-13-19(28-2)14-10-17)24-29(25,26)22-6-4-3-5-20(22)23/h3-14,21,24H,15H2,1-2H3. The van der Waals surface area contributed by atoms with E-state index in [0.717, 1.165) is 17.2 Å². The molecule has 1 N–H and O–H groups in total. The van der Waals surface area contributed by atoms with E-state index in [4.69, 9.17) is 9.47 Å². The number of hydrogen-bond donors (Lipinski definition) is 1. The molecule has 7 heteroatoms. The average Bonchev–Trinajstić information content (AvgIpc) is 2.74. The number of nitrogens with one attached hydrogen (secondary N) is 1. The van der Waals surface area contributed by atoms with Gasteiger partial charge in [-0.3, -0.25) is 0 Å². The highest BCUT2D eigenvalue weighted by molar-refractivity contribution is 7.89. The van der Waals surface area contributed by atoms with Gasteiger partial charge in [0.2, 0.25) is 10.0 Å². The largest absolute Gasteiger partial charge is 0.497 e. The van der Waals surface area contributed by atoms with E-state index >= 15 is 0 Å². The second kappa shape index (κ2) is 9.07. The van der Waals surface area contributed by atoms with E-state index in [-0.39, 0.29) is 4.90 Å². The fourth-order valence-electron chi connectivity index (χ4n) is 2.97. The topological polar surface area (TPSA) is 64.6 Å². The zero-order chi connectivity index (χ0) is 20.9. The first-order chi connectivity index (χ1) is 13.9. The van der Waals surface area contributed by atoms with Gasteiger partial charge < -0.3 is 9.47 Å². The van der Waals surface area contributed by atoms with Crippen molar-refractivity contribution in [3.8, 4) is 11.5 Å². The molecule has 0 amide bonds. The van der Waals surface area contributed by atoms with Crippen molar-refractivity contribution in [2.75, 3.05) is 14.2 Å². The van der Waals surface area contributed by atoms with Gasteiger partial charge >= 0.3 is 0 Å². The van der Waals surface area contributed by atoms with Crippen LogP contribution in [0.4, 0.5) is 4.39 Å². The van der Waals surface area contributed by atoms with Gasteiger partial charge in [-0.05, 0) is 53.9 Å². The molecule has 152 valence electrons. The molecule has 0 aliphatic heterocycles. The molecule has 0 saturated heterocycles. The van der Waals surface area contributed by atoms with Crippen LogP contribution in [0.2, 0.25) is 0 Å². The molecule has 0 bridgehead atoms. The second-order valence-corrected chi connectivity index (χ2v) is 8.11. The smallest absolute Gasteiger partial charge is 0.244 e. The molecule has 1 unspecified atom stereocenters. The number of hydrogen-bond acceptors (Lipinski definition) is 4. The molecule has 0 aliphatic carbocycles. The summed E-state index contributed by atoms with van der Waals surface area (Å²) in [6, 6.07) is 19.2. The molecule has 0 aliphatic rings. The highest BCUT2D eigenvalue weighted by atomic mass is 32.2. The third kappa shape index (κ3) is 5.13. The summed E-state index contributed by atoms with van der Waals surface area (Å²) in [5.74, 6) is 0.577. The van der Waals surface area contributed by atoms with E-state index in [1.807, 2.05) is 24.3 Å². The molecule has 0 radical (unpaired) electrons. The van der Waals surface area contributed by atoms with Gasteiger partial charge in [-0.2, -0.15) is 0 Å². The van der Waals surface area contributed by atoms with Crippen molar-refractivity contribution >= 4 is 10.0 Å². The Morgan fingerprint density at radius 3 is 1.97 bits per heavy atom. The lowest BCUT2D eigenvalue weighted by molar-refractivity contribution is 0.414. The summed E-state index contributed by atoms with van der Waals surface area (Å²) in [5, 5.41) is 0. The van der Waals surface area contributed by atoms with E-state index in [1.54, 1.807) is 38.5 Å². The lowest BCUT2D eigenvalue weighted by Gasteiger charge is -2.20. The van der Waals surface area contributed by atoms with Crippen LogP contribution in [0.1, 0.15) is 17.2 Å². The van der Waals surface area contributed by atoms with E-state index in [2.05, 4.69) is 4.72 Å². The van der Waals surface area contributed by atoms with Crippen molar-refractivity contribution in [3.63, 3.8) is 0 Å². The van der Waals surface area contributed by atoms with Gasteiger partial charge in [0.05, 0.1) is 20.3 Å². The Balaban J connectivity index is 1.93. The number of ether oxygens (including phenoxy) is 2. The minimum absolute atomic E-state index is 0.379. The van der Waals surface area contributed by atoms with Crippen LogP contribution in [0.3, 0.4) is 0 Å². The van der Waals surface area contributed by atoms with Gasteiger partial charge in [-0.15, -0.1) is 0 Å². The van der Waals surface area contributed by atoms with Gasteiger partial charge in [-0.25, -0.2) is 17.5 Å². The van der Waals surface area contributed by atoms with Crippen LogP contribution >= 0.6 is 0 Å². The number of methoxy groups -OCH3 is 2. The van der Waals surface area contributed by atoms with Crippen LogP contribution in [0.15, 0.2) is 77.7 Å². The molecule has 0 spiro atoms. The molecule has 3 aromatic carbocycles. The summed E-state index contributed by atoms with van der Waals surface area (Å²) in [4.78, 5) is -0.381. The van der Waals surface area contributed by atoms with Gasteiger partial charge in [0, 0.05) is 0 Å². The maximum Gasteiger partial charge on any atom is 0.244 e. The quantitative estimate of drug-likeness (QED) is 0.602. The van der Waals surface area contributed by atoms with Crippen molar-refractivity contribution in [1.29, 1.82) is 0 Å². The number of sulfonamides is 1. The van der Waals surface area contributed by atoms with Crippen LogP contribution in [0.25, 0.3) is 0 Å². The molecule has 0 saturated carbocycles. The molecule has 3 aromatic rings. The Morgan fingerprint density at radius 1 is 0.862 bits per heavy atom. The summed E-state index contributed by atoms with van der Waals surface area (Å²) >= 11 is 0. The third-order valence-electron chi connectivity index (χ3n) is 4.54. The van der Waals surface area contributed by atoms with Crippen LogP contribution in [0, 0.1) is 5.82 Å². The van der Waals surface area contributed by atoms with E-state index in [0.29, 0.717) is 17.9 Å². The first kappa shape index (κ1) is 20.8. The fourth-order valence-corrected chi connectivity index (χ4v) is 4.28. The summed E-state index contributed by atoms with van der Waals surface area (Å²) in [5.41, 5.74) is 1.64. The Bertz CT molecular complexity index is 1050. The fraction of sp³-hybridized carbons (Fsp3) is 0.182.